The number of hydrogen-bond acceptors (Lipinski definition) is 6. The Balaban J connectivity index is 1.39. The molecule has 0 unspecified atom stereocenters. The van der Waals surface area contributed by atoms with Crippen molar-refractivity contribution in [2.75, 3.05) is 31.1 Å². The van der Waals surface area contributed by atoms with E-state index in [1.54, 1.807) is 24.3 Å². The molecule has 6 nitrogen and oxygen atoms in total. The average Bonchev–Trinajstić information content (AvgIpc) is 3.19. The molecule has 1 aliphatic rings. The van der Waals surface area contributed by atoms with Crippen molar-refractivity contribution in [3.63, 3.8) is 0 Å². The smallest absolute Gasteiger partial charge is 0.243 e. The molecule has 3 aromatic rings. The van der Waals surface area contributed by atoms with Gasteiger partial charge >= 0.3 is 0 Å². The lowest BCUT2D eigenvalue weighted by Crippen LogP contribution is -2.48. The lowest BCUT2D eigenvalue weighted by Gasteiger charge is -2.33. The number of piperazine rings is 1. The van der Waals surface area contributed by atoms with Crippen LogP contribution in [0.25, 0.3) is 0 Å². The summed E-state index contributed by atoms with van der Waals surface area (Å²) in [5.41, 5.74) is 1.10. The predicted octanol–water partition coefficient (Wildman–Crippen LogP) is 3.29. The first-order valence-corrected chi connectivity index (χ1v) is 11.5. The molecule has 1 aliphatic heterocycles. The van der Waals surface area contributed by atoms with E-state index in [1.165, 1.54) is 15.8 Å². The van der Waals surface area contributed by atoms with Crippen LogP contribution in [-0.4, -0.2) is 48.3 Å². The van der Waals surface area contributed by atoms with E-state index < -0.39 is 10.0 Å². The van der Waals surface area contributed by atoms with Gasteiger partial charge in [0.15, 0.2) is 0 Å². The molecular formula is C19H19ClN4O2S2. The first-order valence-electron chi connectivity index (χ1n) is 8.89. The van der Waals surface area contributed by atoms with E-state index in [0.29, 0.717) is 42.5 Å². The number of rotatable bonds is 5. The highest BCUT2D eigenvalue weighted by molar-refractivity contribution is 7.89. The topological polar surface area (TPSA) is 66.4 Å². The van der Waals surface area contributed by atoms with Gasteiger partial charge in [-0.25, -0.2) is 13.4 Å². The van der Waals surface area contributed by atoms with Gasteiger partial charge in [-0.1, -0.05) is 41.9 Å². The van der Waals surface area contributed by atoms with Crippen molar-refractivity contribution in [1.82, 2.24) is 13.7 Å². The van der Waals surface area contributed by atoms with Crippen LogP contribution >= 0.6 is 23.1 Å². The number of halogens is 1. The Morgan fingerprint density at radius 2 is 1.64 bits per heavy atom. The second kappa shape index (κ2) is 8.16. The molecule has 1 saturated heterocycles. The van der Waals surface area contributed by atoms with Crippen molar-refractivity contribution in [3.8, 4) is 0 Å². The highest BCUT2D eigenvalue weighted by Crippen LogP contribution is 2.23. The maximum atomic E-state index is 12.7. The van der Waals surface area contributed by atoms with Crippen molar-refractivity contribution in [2.45, 2.75) is 11.3 Å². The van der Waals surface area contributed by atoms with Crippen LogP contribution in [0.1, 0.15) is 11.4 Å². The summed E-state index contributed by atoms with van der Waals surface area (Å²) >= 11 is 7.27. The van der Waals surface area contributed by atoms with E-state index >= 15 is 0 Å². The average molecular weight is 435 g/mol. The van der Waals surface area contributed by atoms with Crippen molar-refractivity contribution < 1.29 is 8.42 Å². The maximum Gasteiger partial charge on any atom is 0.243 e. The van der Waals surface area contributed by atoms with Gasteiger partial charge in [-0.05, 0) is 29.8 Å². The number of hydrogen-bond donors (Lipinski definition) is 0. The Labute approximate surface area is 173 Å². The molecule has 4 rings (SSSR count). The Morgan fingerprint density at radius 3 is 2.32 bits per heavy atom. The van der Waals surface area contributed by atoms with E-state index in [1.807, 2.05) is 30.3 Å². The fourth-order valence-corrected chi connectivity index (χ4v) is 5.40. The molecule has 1 aromatic heterocycles. The molecular weight excluding hydrogens is 416 g/mol. The standard InChI is InChI=1S/C19H19ClN4O2S2/c20-16-8-6-15(7-9-16)14-18-21-19(27-22-18)23-10-12-24(13-11-23)28(25,26)17-4-2-1-3-5-17/h1-9H,10-14H2. The summed E-state index contributed by atoms with van der Waals surface area (Å²) in [6.07, 6.45) is 0.649. The van der Waals surface area contributed by atoms with Crippen LogP contribution in [0.4, 0.5) is 5.13 Å². The minimum Gasteiger partial charge on any atom is -0.344 e. The molecule has 2 aromatic carbocycles. The Morgan fingerprint density at radius 1 is 0.964 bits per heavy atom. The number of benzene rings is 2. The van der Waals surface area contributed by atoms with Crippen molar-refractivity contribution in [2.24, 2.45) is 0 Å². The lowest BCUT2D eigenvalue weighted by molar-refractivity contribution is 0.384. The molecule has 0 spiro atoms. The van der Waals surface area contributed by atoms with Crippen LogP contribution in [0, 0.1) is 0 Å². The number of anilines is 1. The second-order valence-electron chi connectivity index (χ2n) is 6.50. The molecule has 0 amide bonds. The van der Waals surface area contributed by atoms with Gasteiger partial charge in [0.1, 0.15) is 5.82 Å². The first-order chi connectivity index (χ1) is 13.5. The summed E-state index contributed by atoms with van der Waals surface area (Å²) in [5.74, 6) is 0.765. The monoisotopic (exact) mass is 434 g/mol. The zero-order chi connectivity index (χ0) is 19.6. The fraction of sp³-hybridized carbons (Fsp3) is 0.263. The summed E-state index contributed by atoms with van der Waals surface area (Å²) in [7, 11) is -3.44. The molecule has 28 heavy (non-hydrogen) atoms. The maximum absolute atomic E-state index is 12.7. The van der Waals surface area contributed by atoms with Crippen LogP contribution in [0.15, 0.2) is 59.5 Å². The van der Waals surface area contributed by atoms with E-state index in [4.69, 9.17) is 11.6 Å². The molecule has 0 saturated carbocycles. The molecule has 0 atom stereocenters. The van der Waals surface area contributed by atoms with Gasteiger partial charge in [0.25, 0.3) is 0 Å². The van der Waals surface area contributed by atoms with Gasteiger partial charge < -0.3 is 4.90 Å². The molecule has 0 N–H and O–H groups in total. The second-order valence-corrected chi connectivity index (χ2v) is 9.61. The van der Waals surface area contributed by atoms with Crippen LogP contribution in [0.2, 0.25) is 5.02 Å². The largest absolute Gasteiger partial charge is 0.344 e. The highest BCUT2D eigenvalue weighted by atomic mass is 35.5. The molecule has 0 aliphatic carbocycles. The van der Waals surface area contributed by atoms with E-state index in [-0.39, 0.29) is 0 Å². The third-order valence-corrected chi connectivity index (χ3v) is 7.60. The van der Waals surface area contributed by atoms with Crippen molar-refractivity contribution in [1.29, 1.82) is 0 Å². The van der Waals surface area contributed by atoms with Crippen LogP contribution < -0.4 is 4.90 Å². The minimum absolute atomic E-state index is 0.338. The Hall–Kier alpha value is -2.00. The van der Waals surface area contributed by atoms with Crippen molar-refractivity contribution in [3.05, 3.63) is 71.0 Å². The van der Waals surface area contributed by atoms with Gasteiger partial charge in [0, 0.05) is 49.2 Å². The van der Waals surface area contributed by atoms with E-state index in [9.17, 15) is 8.42 Å². The van der Waals surface area contributed by atoms with Gasteiger partial charge in [-0.15, -0.1) is 0 Å². The van der Waals surface area contributed by atoms with E-state index in [2.05, 4.69) is 14.3 Å². The minimum atomic E-state index is -3.44. The summed E-state index contributed by atoms with van der Waals surface area (Å²) in [6, 6.07) is 16.2. The number of nitrogens with zero attached hydrogens (tertiary/aromatic N) is 4. The highest BCUT2D eigenvalue weighted by Gasteiger charge is 2.29. The molecule has 1 fully saturated rings. The summed E-state index contributed by atoms with van der Waals surface area (Å²) in [4.78, 5) is 7.06. The fourth-order valence-electron chi connectivity index (χ4n) is 3.09. The molecule has 9 heteroatoms. The Kier molecular flexibility index (Phi) is 5.63. The van der Waals surface area contributed by atoms with Gasteiger partial charge in [0.2, 0.25) is 15.2 Å². The first kappa shape index (κ1) is 19.3. The number of sulfonamides is 1. The summed E-state index contributed by atoms with van der Waals surface area (Å²) in [6.45, 7) is 2.07. The van der Waals surface area contributed by atoms with Crippen molar-refractivity contribution >= 4 is 38.3 Å². The summed E-state index contributed by atoms with van der Waals surface area (Å²) < 4.78 is 31.5. The lowest BCUT2D eigenvalue weighted by atomic mass is 10.1. The molecule has 146 valence electrons. The number of aromatic nitrogens is 2. The normalized spacial score (nSPS) is 15.7. The Bertz CT molecular complexity index is 1030. The van der Waals surface area contributed by atoms with Gasteiger partial charge in [0.05, 0.1) is 4.90 Å². The SMILES string of the molecule is O=S(=O)(c1ccccc1)N1CCN(c2nc(Cc3ccc(Cl)cc3)ns2)CC1. The molecule has 2 heterocycles. The van der Waals surface area contributed by atoms with E-state index in [0.717, 1.165) is 16.5 Å². The van der Waals surface area contributed by atoms with Crippen LogP contribution in [-0.2, 0) is 16.4 Å². The molecule has 0 bridgehead atoms. The zero-order valence-corrected chi connectivity index (χ0v) is 17.4. The van der Waals surface area contributed by atoms with Crippen LogP contribution in [0.5, 0.6) is 0 Å². The summed E-state index contributed by atoms with van der Waals surface area (Å²) in [5, 5.41) is 1.54. The quantitative estimate of drug-likeness (QED) is 0.616. The zero-order valence-electron chi connectivity index (χ0n) is 15.0. The third kappa shape index (κ3) is 4.20. The van der Waals surface area contributed by atoms with Crippen LogP contribution in [0.3, 0.4) is 0 Å². The molecule has 0 radical (unpaired) electrons. The van der Waals surface area contributed by atoms with Gasteiger partial charge in [-0.2, -0.15) is 8.68 Å². The van der Waals surface area contributed by atoms with Gasteiger partial charge in [-0.3, -0.25) is 0 Å². The predicted molar refractivity (Wildman–Crippen MR) is 112 cm³/mol. The third-order valence-electron chi connectivity index (χ3n) is 4.62.